The molecular weight excluding hydrogens is 408 g/mol. The molecule has 0 bridgehead atoms. The number of nitrogens with two attached hydrogens (primary N) is 3. The molecule has 176 valence electrons. The lowest BCUT2D eigenvalue weighted by Crippen LogP contribution is -2.56. The second kappa shape index (κ2) is 13.9. The number of guanidine groups is 1. The molecule has 13 nitrogen and oxygen atoms in total. The number of carbonyl (C=O) groups is 5. The van der Waals surface area contributed by atoms with Crippen LogP contribution >= 0.6 is 0 Å². The number of hydrogen-bond acceptors (Lipinski definition) is 7. The summed E-state index contributed by atoms with van der Waals surface area (Å²) in [4.78, 5) is 63.3. The van der Waals surface area contributed by atoms with Gasteiger partial charge in [0, 0.05) is 6.54 Å². The summed E-state index contributed by atoms with van der Waals surface area (Å²) in [7, 11) is 0. The van der Waals surface area contributed by atoms with Crippen LogP contribution in [0.1, 0.15) is 40.5 Å². The van der Waals surface area contributed by atoms with Gasteiger partial charge in [-0.1, -0.05) is 0 Å². The molecule has 0 saturated carbocycles. The van der Waals surface area contributed by atoms with Gasteiger partial charge in [0.05, 0.1) is 12.1 Å². The monoisotopic (exact) mass is 442 g/mol. The number of aliphatic imine (C=N–C) groups is 1. The maximum atomic E-state index is 12.7. The Balaban J connectivity index is 5.13. The van der Waals surface area contributed by atoms with Gasteiger partial charge in [-0.05, 0) is 40.5 Å². The van der Waals surface area contributed by atoms with E-state index in [1.807, 2.05) is 0 Å². The number of nitrogens with zero attached hydrogens (tertiary/aromatic N) is 1. The van der Waals surface area contributed by atoms with Crippen LogP contribution in [0.3, 0.4) is 0 Å². The van der Waals surface area contributed by atoms with Crippen molar-refractivity contribution in [1.29, 1.82) is 0 Å². The highest BCUT2D eigenvalue weighted by atomic mass is 16.2. The van der Waals surface area contributed by atoms with E-state index in [-0.39, 0.29) is 18.9 Å². The molecule has 0 spiro atoms. The standard InChI is InChI=1S/C18H34N8O5/c1-9(8-27)23-15(29)11(3)25-17(31)13(6-5-7-22-18(20)21)26-16(30)12(4)24-14(28)10(2)19/h8-13H,5-7,19H2,1-4H3,(H,23,29)(H,24,28)(H,25,31)(H,26,30)(H4,20,21,22)/t9-,10-,11-,12-,13-/m0/s1. The molecule has 4 amide bonds. The van der Waals surface area contributed by atoms with Gasteiger partial charge in [-0.3, -0.25) is 24.2 Å². The Bertz CT molecular complexity index is 678. The second-order valence-corrected chi connectivity index (χ2v) is 7.19. The van der Waals surface area contributed by atoms with Crippen molar-refractivity contribution in [3.8, 4) is 0 Å². The fourth-order valence-corrected chi connectivity index (χ4v) is 2.24. The van der Waals surface area contributed by atoms with E-state index in [2.05, 4.69) is 26.3 Å². The Labute approximate surface area is 181 Å². The Morgan fingerprint density at radius 2 is 1.35 bits per heavy atom. The number of amides is 4. The molecule has 0 aliphatic carbocycles. The Hall–Kier alpha value is -3.22. The van der Waals surface area contributed by atoms with Crippen LogP contribution in [-0.4, -0.2) is 72.6 Å². The molecule has 0 fully saturated rings. The molecule has 0 saturated heterocycles. The van der Waals surface area contributed by atoms with Crippen molar-refractivity contribution < 1.29 is 24.0 Å². The van der Waals surface area contributed by atoms with Crippen molar-refractivity contribution in [1.82, 2.24) is 21.3 Å². The van der Waals surface area contributed by atoms with Crippen LogP contribution in [0.2, 0.25) is 0 Å². The molecule has 0 aromatic heterocycles. The largest absolute Gasteiger partial charge is 0.370 e. The lowest BCUT2D eigenvalue weighted by Gasteiger charge is -2.23. The van der Waals surface area contributed by atoms with Crippen LogP contribution in [0.15, 0.2) is 4.99 Å². The van der Waals surface area contributed by atoms with Gasteiger partial charge in [-0.15, -0.1) is 0 Å². The van der Waals surface area contributed by atoms with E-state index in [1.165, 1.54) is 27.7 Å². The smallest absolute Gasteiger partial charge is 0.243 e. The van der Waals surface area contributed by atoms with Crippen LogP contribution in [0.25, 0.3) is 0 Å². The minimum atomic E-state index is -1.02. The Morgan fingerprint density at radius 1 is 0.839 bits per heavy atom. The van der Waals surface area contributed by atoms with Crippen LogP contribution in [0.5, 0.6) is 0 Å². The molecule has 0 aromatic carbocycles. The molecule has 0 unspecified atom stereocenters. The van der Waals surface area contributed by atoms with Crippen LogP contribution < -0.4 is 38.5 Å². The van der Waals surface area contributed by atoms with Gasteiger partial charge in [0.15, 0.2) is 5.96 Å². The van der Waals surface area contributed by atoms with Gasteiger partial charge in [-0.25, -0.2) is 0 Å². The highest BCUT2D eigenvalue weighted by Crippen LogP contribution is 2.01. The van der Waals surface area contributed by atoms with Crippen molar-refractivity contribution in [2.75, 3.05) is 6.54 Å². The third-order valence-electron chi connectivity index (χ3n) is 4.07. The average molecular weight is 443 g/mol. The predicted octanol–water partition coefficient (Wildman–Crippen LogP) is -3.41. The lowest BCUT2D eigenvalue weighted by molar-refractivity contribution is -0.133. The van der Waals surface area contributed by atoms with Crippen molar-refractivity contribution in [2.24, 2.45) is 22.2 Å². The topological polar surface area (TPSA) is 224 Å². The SMILES string of the molecule is C[C@H](N)C(=O)N[C@@H](C)C(=O)N[C@@H](CCCN=C(N)N)C(=O)N[C@@H](C)C(=O)N[C@@H](C)C=O. The molecule has 0 rings (SSSR count). The normalized spacial score (nSPS) is 15.3. The maximum absolute atomic E-state index is 12.7. The Kier molecular flexibility index (Phi) is 12.5. The number of nitrogens with one attached hydrogen (secondary N) is 4. The summed E-state index contributed by atoms with van der Waals surface area (Å²) < 4.78 is 0. The Morgan fingerprint density at radius 3 is 1.84 bits per heavy atom. The lowest BCUT2D eigenvalue weighted by atomic mass is 10.1. The zero-order valence-corrected chi connectivity index (χ0v) is 18.3. The molecule has 0 radical (unpaired) electrons. The van der Waals surface area contributed by atoms with Crippen LogP contribution in [-0.2, 0) is 24.0 Å². The molecule has 31 heavy (non-hydrogen) atoms. The van der Waals surface area contributed by atoms with Gasteiger partial charge in [0.25, 0.3) is 0 Å². The van der Waals surface area contributed by atoms with Gasteiger partial charge in [-0.2, -0.15) is 0 Å². The number of aldehydes is 1. The summed E-state index contributed by atoms with van der Waals surface area (Å²) in [5, 5.41) is 9.88. The number of carbonyl (C=O) groups excluding carboxylic acids is 5. The van der Waals surface area contributed by atoms with Crippen molar-refractivity contribution in [2.45, 2.75) is 70.7 Å². The quantitative estimate of drug-likeness (QED) is 0.0656. The van der Waals surface area contributed by atoms with E-state index in [0.717, 1.165) is 0 Å². The summed E-state index contributed by atoms with van der Waals surface area (Å²) in [6.07, 6.45) is 1.08. The van der Waals surface area contributed by atoms with E-state index in [0.29, 0.717) is 12.7 Å². The van der Waals surface area contributed by atoms with Gasteiger partial charge in [0.1, 0.15) is 24.4 Å². The highest BCUT2D eigenvalue weighted by molar-refractivity contribution is 5.94. The van der Waals surface area contributed by atoms with Gasteiger partial charge < -0.3 is 43.3 Å². The van der Waals surface area contributed by atoms with E-state index < -0.39 is 53.8 Å². The molecule has 5 atom stereocenters. The van der Waals surface area contributed by atoms with Crippen molar-refractivity contribution in [3.63, 3.8) is 0 Å². The fraction of sp³-hybridized carbons (Fsp3) is 0.667. The summed E-state index contributed by atoms with van der Waals surface area (Å²) in [5.74, 6) is -2.41. The van der Waals surface area contributed by atoms with E-state index >= 15 is 0 Å². The molecule has 0 heterocycles. The maximum Gasteiger partial charge on any atom is 0.243 e. The molecule has 10 N–H and O–H groups in total. The number of hydrogen-bond donors (Lipinski definition) is 7. The zero-order chi connectivity index (χ0) is 24.1. The van der Waals surface area contributed by atoms with Crippen LogP contribution in [0.4, 0.5) is 0 Å². The predicted molar refractivity (Wildman–Crippen MR) is 114 cm³/mol. The molecule has 0 aromatic rings. The first-order valence-electron chi connectivity index (χ1n) is 9.86. The van der Waals surface area contributed by atoms with Gasteiger partial charge >= 0.3 is 0 Å². The minimum absolute atomic E-state index is 0.105. The third kappa shape index (κ3) is 11.5. The summed E-state index contributed by atoms with van der Waals surface area (Å²) in [6.45, 7) is 6.07. The molecule has 13 heteroatoms. The summed E-state index contributed by atoms with van der Waals surface area (Å²) in [6, 6.07) is -4.43. The highest BCUT2D eigenvalue weighted by Gasteiger charge is 2.27. The van der Waals surface area contributed by atoms with Crippen molar-refractivity contribution in [3.05, 3.63) is 0 Å². The summed E-state index contributed by atoms with van der Waals surface area (Å²) in [5.41, 5.74) is 16.0. The summed E-state index contributed by atoms with van der Waals surface area (Å²) >= 11 is 0. The zero-order valence-electron chi connectivity index (χ0n) is 18.3. The first-order chi connectivity index (χ1) is 14.4. The third-order valence-corrected chi connectivity index (χ3v) is 4.07. The van der Waals surface area contributed by atoms with E-state index in [1.54, 1.807) is 0 Å². The average Bonchev–Trinajstić information content (AvgIpc) is 2.69. The first kappa shape index (κ1) is 27.8. The molecule has 0 aliphatic rings. The molecule has 0 aliphatic heterocycles. The van der Waals surface area contributed by atoms with E-state index in [4.69, 9.17) is 17.2 Å². The van der Waals surface area contributed by atoms with Crippen LogP contribution in [0, 0.1) is 0 Å². The fourth-order valence-electron chi connectivity index (χ4n) is 2.24. The van der Waals surface area contributed by atoms with Gasteiger partial charge in [0.2, 0.25) is 23.6 Å². The molecular formula is C18H34N8O5. The second-order valence-electron chi connectivity index (χ2n) is 7.19. The first-order valence-corrected chi connectivity index (χ1v) is 9.86. The van der Waals surface area contributed by atoms with E-state index in [9.17, 15) is 24.0 Å². The number of rotatable bonds is 13. The van der Waals surface area contributed by atoms with Crippen molar-refractivity contribution >= 4 is 35.9 Å². The minimum Gasteiger partial charge on any atom is -0.370 e.